The van der Waals surface area contributed by atoms with Gasteiger partial charge in [0.15, 0.2) is 17.4 Å². The molecule has 1 aromatic carbocycles. The van der Waals surface area contributed by atoms with E-state index < -0.39 is 11.8 Å². The fourth-order valence-corrected chi connectivity index (χ4v) is 7.89. The van der Waals surface area contributed by atoms with E-state index in [0.29, 0.717) is 35.2 Å². The van der Waals surface area contributed by atoms with Gasteiger partial charge in [-0.2, -0.15) is 9.36 Å². The van der Waals surface area contributed by atoms with Crippen LogP contribution in [-0.2, 0) is 22.4 Å². The number of fused-ring (bicyclic) bond motifs is 2. The Hall–Kier alpha value is -3.76. The second-order valence-electron chi connectivity index (χ2n) is 12.1. The molecule has 1 fully saturated rings. The Kier molecular flexibility index (Phi) is 7.88. The first kappa shape index (κ1) is 29.0. The fraction of sp³-hybridized carbons (Fsp3) is 0.441. The van der Waals surface area contributed by atoms with Crippen molar-refractivity contribution in [1.82, 2.24) is 14.3 Å². The van der Waals surface area contributed by atoms with Crippen molar-refractivity contribution in [2.45, 2.75) is 58.8 Å². The quantitative estimate of drug-likeness (QED) is 0.226. The molecule has 0 atom stereocenters. The average molecular weight is 617 g/mol. The molecule has 5 aliphatic rings. The maximum atomic E-state index is 15.4. The number of aromatic amines is 1. The van der Waals surface area contributed by atoms with Gasteiger partial charge >= 0.3 is 5.97 Å². The molecule has 1 aliphatic carbocycles. The van der Waals surface area contributed by atoms with Crippen LogP contribution < -0.4 is 9.64 Å². The van der Waals surface area contributed by atoms with E-state index >= 15 is 4.39 Å². The summed E-state index contributed by atoms with van der Waals surface area (Å²) in [6.07, 6.45) is 8.03. The minimum atomic E-state index is -0.939. The highest BCUT2D eigenvalue weighted by atomic mass is 32.1. The maximum absolute atomic E-state index is 15.4. The lowest BCUT2D eigenvalue weighted by Crippen LogP contribution is -2.25. The summed E-state index contributed by atoms with van der Waals surface area (Å²) in [5.74, 6) is 0.237. The Morgan fingerprint density at radius 3 is 2.80 bits per heavy atom. The van der Waals surface area contributed by atoms with Crippen molar-refractivity contribution in [3.05, 3.63) is 58.0 Å². The molecule has 5 heterocycles. The number of benzene rings is 1. The molecule has 1 aromatic heterocycles. The lowest BCUT2D eigenvalue weighted by molar-refractivity contribution is -0.136. The highest BCUT2D eigenvalue weighted by Gasteiger charge is 2.28. The van der Waals surface area contributed by atoms with Gasteiger partial charge in [-0.25, -0.2) is 4.39 Å². The number of nitrogens with zero attached hydrogens (tertiary/aromatic N) is 3. The van der Waals surface area contributed by atoms with Gasteiger partial charge in [-0.1, -0.05) is 11.6 Å². The second-order valence-corrected chi connectivity index (χ2v) is 12.9. The Balaban J connectivity index is 1.24. The van der Waals surface area contributed by atoms with Gasteiger partial charge in [-0.05, 0) is 98.7 Å². The van der Waals surface area contributed by atoms with Gasteiger partial charge in [0.2, 0.25) is 5.13 Å². The number of anilines is 1. The number of carbonyl (C=O) groups is 1. The summed E-state index contributed by atoms with van der Waals surface area (Å²) in [6, 6.07) is 5.54. The molecule has 2 N–H and O–H groups in total. The first-order chi connectivity index (χ1) is 21.4. The molecule has 0 bridgehead atoms. The van der Waals surface area contributed by atoms with Crippen molar-refractivity contribution in [3.63, 3.8) is 0 Å². The molecule has 230 valence electrons. The number of aryl methyl sites for hydroxylation is 1. The number of halogens is 1. The Labute approximate surface area is 260 Å². The average Bonchev–Trinajstić information content (AvgIpc) is 3.61. The van der Waals surface area contributed by atoms with E-state index in [9.17, 15) is 9.90 Å². The van der Waals surface area contributed by atoms with Gasteiger partial charge in [-0.15, -0.1) is 0 Å². The Bertz CT molecular complexity index is 1720. The third kappa shape index (κ3) is 5.38. The molecule has 0 amide bonds. The van der Waals surface area contributed by atoms with E-state index in [1.807, 2.05) is 26.0 Å². The summed E-state index contributed by atoms with van der Waals surface area (Å²) in [4.78, 5) is 22.7. The number of carboxylic acid groups (broad SMARTS) is 1. The highest BCUT2D eigenvalue weighted by Crippen LogP contribution is 2.45. The third-order valence-electron chi connectivity index (χ3n) is 9.44. The number of aliphatic carboxylic acids is 1. The monoisotopic (exact) mass is 616 g/mol. The van der Waals surface area contributed by atoms with Crippen molar-refractivity contribution in [2.75, 3.05) is 37.8 Å². The van der Waals surface area contributed by atoms with Crippen molar-refractivity contribution < 1.29 is 23.8 Å². The number of aromatic nitrogens is 3. The fourth-order valence-electron chi connectivity index (χ4n) is 7.15. The summed E-state index contributed by atoms with van der Waals surface area (Å²) < 4.78 is 31.4. The summed E-state index contributed by atoms with van der Waals surface area (Å²) in [6.45, 7) is 7.89. The summed E-state index contributed by atoms with van der Waals surface area (Å²) in [5.41, 5.74) is 8.68. The van der Waals surface area contributed by atoms with Crippen LogP contribution in [-0.4, -0.2) is 58.3 Å². The minimum Gasteiger partial charge on any atom is -0.490 e. The van der Waals surface area contributed by atoms with Crippen molar-refractivity contribution in [2.24, 2.45) is 5.92 Å². The van der Waals surface area contributed by atoms with E-state index in [-0.39, 0.29) is 6.42 Å². The van der Waals surface area contributed by atoms with E-state index in [2.05, 4.69) is 16.0 Å². The zero-order chi connectivity index (χ0) is 30.4. The molecule has 8 nitrogen and oxygen atoms in total. The minimum absolute atomic E-state index is 0.180. The molecule has 7 rings (SSSR count). The number of H-pyrrole nitrogens is 1. The van der Waals surface area contributed by atoms with Gasteiger partial charge < -0.3 is 24.5 Å². The standard InChI is InChI=1S/C34H37FN4O4S/c1-19-24-6-4-12-43-32(24)28(35)17-25(19)31-26(18-30(40)41)20(2)36-29-16-23(15-27(29)31)33-37-34(44-38-33)39-10-3-5-21(7-11-39)22-8-13-42-14-9-22/h5,15-17,22,36H,3-4,6-14,18H2,1-2H3,(H,40,41). The van der Waals surface area contributed by atoms with Gasteiger partial charge in [0.1, 0.15) is 0 Å². The van der Waals surface area contributed by atoms with Crippen LogP contribution in [0.1, 0.15) is 54.5 Å². The molecule has 4 aliphatic heterocycles. The predicted molar refractivity (Wildman–Crippen MR) is 169 cm³/mol. The molecule has 2 aromatic rings. The number of hydrogen-bond donors (Lipinski definition) is 2. The van der Waals surface area contributed by atoms with Crippen LogP contribution in [0, 0.1) is 25.6 Å². The van der Waals surface area contributed by atoms with Gasteiger partial charge in [0.25, 0.3) is 0 Å². The number of hydrogen-bond acceptors (Lipinski definition) is 7. The molecular formula is C34H37FN4O4S. The number of nitrogens with one attached hydrogen (secondary N) is 1. The molecule has 44 heavy (non-hydrogen) atoms. The highest BCUT2D eigenvalue weighted by molar-refractivity contribution is 7.09. The zero-order valence-electron chi connectivity index (χ0n) is 25.2. The summed E-state index contributed by atoms with van der Waals surface area (Å²) >= 11 is 1.41. The molecule has 0 radical (unpaired) electrons. The van der Waals surface area contributed by atoms with Crippen LogP contribution in [0.5, 0.6) is 5.75 Å². The number of ether oxygens (including phenoxy) is 2. The third-order valence-corrected chi connectivity index (χ3v) is 10.2. The molecule has 0 spiro atoms. The van der Waals surface area contributed by atoms with Crippen LogP contribution in [0.15, 0.2) is 29.8 Å². The van der Waals surface area contributed by atoms with E-state index in [0.717, 1.165) is 109 Å². The van der Waals surface area contributed by atoms with E-state index in [1.54, 1.807) is 5.57 Å². The van der Waals surface area contributed by atoms with Gasteiger partial charge in [-0.3, -0.25) is 4.79 Å². The van der Waals surface area contributed by atoms with Crippen LogP contribution >= 0.6 is 11.5 Å². The normalized spacial score (nSPS) is 17.7. The molecule has 0 saturated carbocycles. The summed E-state index contributed by atoms with van der Waals surface area (Å²) in [5, 5.41) is 10.7. The Morgan fingerprint density at radius 2 is 1.98 bits per heavy atom. The zero-order valence-corrected chi connectivity index (χ0v) is 26.0. The largest absolute Gasteiger partial charge is 0.490 e. The smallest absolute Gasteiger partial charge is 0.307 e. The van der Waals surface area contributed by atoms with Crippen LogP contribution in [0.2, 0.25) is 0 Å². The van der Waals surface area contributed by atoms with Crippen molar-refractivity contribution >= 4 is 22.6 Å². The number of pyridine rings is 1. The maximum Gasteiger partial charge on any atom is 0.307 e. The van der Waals surface area contributed by atoms with Gasteiger partial charge in [0.05, 0.1) is 13.0 Å². The molecular weight excluding hydrogens is 579 g/mol. The van der Waals surface area contributed by atoms with Crippen LogP contribution in [0.4, 0.5) is 9.52 Å². The SMILES string of the molecule is Cc1[nH]c2cc(-c3nsc(N4CCC=C(C5CCOCC5)CC4)n3)cc-2c(-c2cc(F)c3c(c2C)CCCO3)c1CC(=O)O. The predicted octanol–water partition coefficient (Wildman–Crippen LogP) is 6.97. The van der Waals surface area contributed by atoms with Crippen LogP contribution in [0.25, 0.3) is 33.8 Å². The van der Waals surface area contributed by atoms with Crippen LogP contribution in [0.3, 0.4) is 0 Å². The number of carboxylic acids is 1. The first-order valence-electron chi connectivity index (χ1n) is 15.5. The topological polar surface area (TPSA) is 101 Å². The molecule has 0 unspecified atom stereocenters. The summed E-state index contributed by atoms with van der Waals surface area (Å²) in [7, 11) is 0. The Morgan fingerprint density at radius 1 is 1.14 bits per heavy atom. The first-order valence-corrected chi connectivity index (χ1v) is 16.3. The second kappa shape index (κ2) is 12.0. The molecule has 1 saturated heterocycles. The number of rotatable bonds is 6. The van der Waals surface area contributed by atoms with Gasteiger partial charge in [0, 0.05) is 65.9 Å². The lowest BCUT2D eigenvalue weighted by Gasteiger charge is -2.25. The van der Waals surface area contributed by atoms with E-state index in [4.69, 9.17) is 18.8 Å². The van der Waals surface area contributed by atoms with Crippen molar-refractivity contribution in [3.8, 4) is 39.5 Å². The van der Waals surface area contributed by atoms with Crippen molar-refractivity contribution in [1.29, 1.82) is 0 Å². The van der Waals surface area contributed by atoms with E-state index in [1.165, 1.54) is 17.6 Å². The molecule has 10 heteroatoms. The lowest BCUT2D eigenvalue weighted by atomic mass is 9.86.